The van der Waals surface area contributed by atoms with E-state index in [0.29, 0.717) is 10.6 Å². The van der Waals surface area contributed by atoms with E-state index in [-0.39, 0.29) is 16.5 Å². The van der Waals surface area contributed by atoms with Crippen molar-refractivity contribution in [1.82, 2.24) is 0 Å². The van der Waals surface area contributed by atoms with Crippen molar-refractivity contribution in [2.24, 2.45) is 0 Å². The zero-order chi connectivity index (χ0) is 13.0. The number of aliphatic hydroxyl groups is 1. The molecule has 0 aliphatic carbocycles. The number of hydrogen-bond donors (Lipinski definition) is 1. The molecule has 7 heteroatoms. The van der Waals surface area contributed by atoms with Gasteiger partial charge in [-0.25, -0.2) is 4.79 Å². The molecule has 0 amide bonds. The lowest BCUT2D eigenvalue weighted by Gasteiger charge is -2.06. The molecule has 0 aliphatic rings. The summed E-state index contributed by atoms with van der Waals surface area (Å²) in [6.45, 7) is -0.867. The Labute approximate surface area is 112 Å². The Morgan fingerprint density at radius 3 is 2.12 bits per heavy atom. The summed E-state index contributed by atoms with van der Waals surface area (Å²) in [5, 5.41) is 9.14. The summed E-state index contributed by atoms with van der Waals surface area (Å²) in [7, 11) is 0. The van der Waals surface area contributed by atoms with E-state index in [4.69, 9.17) is 39.9 Å². The van der Waals surface area contributed by atoms with E-state index in [1.54, 1.807) is 0 Å². The molecule has 1 rings (SSSR count). The summed E-state index contributed by atoms with van der Waals surface area (Å²) in [4.78, 5) is 21.9. The van der Waals surface area contributed by atoms with Crippen LogP contribution in [-0.2, 0) is 20.7 Å². The first-order valence-corrected chi connectivity index (χ1v) is 5.55. The van der Waals surface area contributed by atoms with Crippen LogP contribution < -0.4 is 0 Å². The second-order valence-electron chi connectivity index (χ2n) is 3.03. The maximum atomic E-state index is 11.3. The summed E-state index contributed by atoms with van der Waals surface area (Å²) in [6.07, 6.45) is -0.277. The van der Waals surface area contributed by atoms with Crippen molar-refractivity contribution >= 4 is 46.7 Å². The highest BCUT2D eigenvalue weighted by Crippen LogP contribution is 2.29. The number of benzene rings is 1. The standard InChI is InChI=1S/C10H7Cl3O4/c11-5-1-7(12)6(8(13)2-5)3-9(15)17-10(16)4-14/h1-2,14H,3-4H2. The molecule has 17 heavy (non-hydrogen) atoms. The van der Waals surface area contributed by atoms with Crippen molar-refractivity contribution in [3.63, 3.8) is 0 Å². The summed E-state index contributed by atoms with van der Waals surface area (Å²) in [5.74, 6) is -1.88. The Morgan fingerprint density at radius 1 is 1.12 bits per heavy atom. The Hall–Kier alpha value is -0.810. The van der Waals surface area contributed by atoms with Crippen LogP contribution in [0.5, 0.6) is 0 Å². The maximum Gasteiger partial charge on any atom is 0.339 e. The number of halogens is 3. The second kappa shape index (κ2) is 6.21. The zero-order valence-electron chi connectivity index (χ0n) is 8.37. The van der Waals surface area contributed by atoms with Gasteiger partial charge in [0.25, 0.3) is 0 Å². The van der Waals surface area contributed by atoms with E-state index in [0.717, 1.165) is 0 Å². The van der Waals surface area contributed by atoms with Gasteiger partial charge in [-0.3, -0.25) is 4.79 Å². The average molecular weight is 298 g/mol. The minimum atomic E-state index is -1.03. The summed E-state index contributed by atoms with van der Waals surface area (Å²) < 4.78 is 4.27. The molecule has 0 radical (unpaired) electrons. The smallest absolute Gasteiger partial charge is 0.339 e. The van der Waals surface area contributed by atoms with Gasteiger partial charge in [0, 0.05) is 20.6 Å². The van der Waals surface area contributed by atoms with E-state index in [1.165, 1.54) is 12.1 Å². The zero-order valence-corrected chi connectivity index (χ0v) is 10.6. The third-order valence-corrected chi connectivity index (χ3v) is 2.68. The molecule has 0 fully saturated rings. The first kappa shape index (κ1) is 14.3. The van der Waals surface area contributed by atoms with Crippen LogP contribution in [0.2, 0.25) is 15.1 Å². The van der Waals surface area contributed by atoms with Gasteiger partial charge in [0.05, 0.1) is 6.42 Å². The van der Waals surface area contributed by atoms with Gasteiger partial charge in [-0.2, -0.15) is 0 Å². The number of aliphatic hydroxyl groups excluding tert-OH is 1. The van der Waals surface area contributed by atoms with Crippen LogP contribution in [0.1, 0.15) is 5.56 Å². The highest BCUT2D eigenvalue weighted by atomic mass is 35.5. The van der Waals surface area contributed by atoms with Crippen molar-refractivity contribution in [2.75, 3.05) is 6.61 Å². The first-order chi connectivity index (χ1) is 7.93. The van der Waals surface area contributed by atoms with Crippen LogP contribution >= 0.6 is 34.8 Å². The second-order valence-corrected chi connectivity index (χ2v) is 4.28. The SMILES string of the molecule is O=C(CO)OC(=O)Cc1c(Cl)cc(Cl)cc1Cl. The molecule has 0 bridgehead atoms. The molecule has 4 nitrogen and oxygen atoms in total. The first-order valence-electron chi connectivity index (χ1n) is 4.42. The third kappa shape index (κ3) is 4.16. The van der Waals surface area contributed by atoms with Gasteiger partial charge < -0.3 is 9.84 Å². The van der Waals surface area contributed by atoms with Crippen LogP contribution in [0, 0.1) is 0 Å². The van der Waals surface area contributed by atoms with Crippen molar-refractivity contribution in [1.29, 1.82) is 0 Å². The quantitative estimate of drug-likeness (QED) is 0.686. The van der Waals surface area contributed by atoms with Gasteiger partial charge in [-0.15, -0.1) is 0 Å². The summed E-state index contributed by atoms with van der Waals surface area (Å²) in [5.41, 5.74) is 0.313. The van der Waals surface area contributed by atoms with Gasteiger partial charge in [0.1, 0.15) is 6.61 Å². The minimum Gasteiger partial charge on any atom is -0.391 e. The fourth-order valence-electron chi connectivity index (χ4n) is 1.08. The van der Waals surface area contributed by atoms with Gasteiger partial charge in [-0.05, 0) is 12.1 Å². The predicted molar refractivity (Wildman–Crippen MR) is 63.4 cm³/mol. The molecule has 0 aliphatic heterocycles. The Morgan fingerprint density at radius 2 is 1.65 bits per heavy atom. The molecule has 0 atom stereocenters. The monoisotopic (exact) mass is 296 g/mol. The molecule has 92 valence electrons. The highest BCUT2D eigenvalue weighted by Gasteiger charge is 2.15. The molecule has 0 aromatic heterocycles. The van der Waals surface area contributed by atoms with Crippen LogP contribution in [0.15, 0.2) is 12.1 Å². The lowest BCUT2D eigenvalue weighted by atomic mass is 10.1. The number of ether oxygens (including phenoxy) is 1. The van der Waals surface area contributed by atoms with Crippen LogP contribution in [0.4, 0.5) is 0 Å². The number of esters is 2. The van der Waals surface area contributed by atoms with Gasteiger partial charge in [0.15, 0.2) is 0 Å². The molecule has 1 aromatic rings. The molecule has 0 spiro atoms. The maximum absolute atomic E-state index is 11.3. The Balaban J connectivity index is 2.82. The van der Waals surface area contributed by atoms with E-state index in [2.05, 4.69) is 4.74 Å². The van der Waals surface area contributed by atoms with E-state index in [1.807, 2.05) is 0 Å². The fourth-order valence-corrected chi connectivity index (χ4v) is 2.03. The molecule has 0 saturated heterocycles. The van der Waals surface area contributed by atoms with E-state index >= 15 is 0 Å². The van der Waals surface area contributed by atoms with Gasteiger partial charge in [-0.1, -0.05) is 34.8 Å². The largest absolute Gasteiger partial charge is 0.391 e. The number of rotatable bonds is 3. The molecule has 0 unspecified atom stereocenters. The van der Waals surface area contributed by atoms with Crippen molar-refractivity contribution in [2.45, 2.75) is 6.42 Å². The van der Waals surface area contributed by atoms with Crippen molar-refractivity contribution in [3.05, 3.63) is 32.8 Å². The topological polar surface area (TPSA) is 63.6 Å². The van der Waals surface area contributed by atoms with Crippen LogP contribution in [0.25, 0.3) is 0 Å². The normalized spacial score (nSPS) is 10.1. The van der Waals surface area contributed by atoms with Gasteiger partial charge in [0.2, 0.25) is 0 Å². The molecule has 0 saturated carbocycles. The van der Waals surface area contributed by atoms with Crippen LogP contribution in [0.3, 0.4) is 0 Å². The summed E-state index contributed by atoms with van der Waals surface area (Å²) >= 11 is 17.4. The number of carbonyl (C=O) groups excluding carboxylic acids is 2. The average Bonchev–Trinajstić information content (AvgIpc) is 2.23. The lowest BCUT2D eigenvalue weighted by Crippen LogP contribution is -2.17. The Kier molecular flexibility index (Phi) is 5.21. The molecule has 1 N–H and O–H groups in total. The fraction of sp³-hybridized carbons (Fsp3) is 0.200. The van der Waals surface area contributed by atoms with Crippen molar-refractivity contribution < 1.29 is 19.4 Å². The molecular weight excluding hydrogens is 290 g/mol. The highest BCUT2D eigenvalue weighted by molar-refractivity contribution is 6.39. The summed E-state index contributed by atoms with van der Waals surface area (Å²) in [6, 6.07) is 2.84. The third-order valence-electron chi connectivity index (χ3n) is 1.78. The number of hydrogen-bond acceptors (Lipinski definition) is 4. The number of carbonyl (C=O) groups is 2. The van der Waals surface area contributed by atoms with Crippen molar-refractivity contribution in [3.8, 4) is 0 Å². The molecule has 1 aromatic carbocycles. The predicted octanol–water partition coefficient (Wildman–Crippen LogP) is 2.25. The lowest BCUT2D eigenvalue weighted by molar-refractivity contribution is -0.161. The van der Waals surface area contributed by atoms with Crippen LogP contribution in [-0.4, -0.2) is 23.7 Å². The van der Waals surface area contributed by atoms with E-state index in [9.17, 15) is 9.59 Å². The van der Waals surface area contributed by atoms with Gasteiger partial charge >= 0.3 is 11.9 Å². The van der Waals surface area contributed by atoms with E-state index < -0.39 is 18.5 Å². The Bertz CT molecular complexity index is 436. The molecular formula is C10H7Cl3O4. The molecule has 0 heterocycles. The minimum absolute atomic E-state index is 0.205.